The Labute approximate surface area is 262 Å². The molecule has 0 unspecified atom stereocenters. The van der Waals surface area contributed by atoms with Gasteiger partial charge in [-0.3, -0.25) is 25.9 Å². The third kappa shape index (κ3) is 20.2. The van der Waals surface area contributed by atoms with E-state index in [0.717, 1.165) is 12.5 Å². The number of rotatable bonds is 7. The second-order valence-corrected chi connectivity index (χ2v) is 10.1. The van der Waals surface area contributed by atoms with Crippen molar-refractivity contribution in [3.63, 3.8) is 0 Å². The zero-order chi connectivity index (χ0) is 29.0. The number of hydrogen-bond acceptors (Lipinski definition) is 0. The fourth-order valence-electron chi connectivity index (χ4n) is 5.10. The number of para-hydroxylation sites is 1. The molecule has 0 radical (unpaired) electrons. The number of aromatic nitrogens is 2. The number of hydrogen-bond donors (Lipinski definition) is 0. The van der Waals surface area contributed by atoms with E-state index >= 15 is 0 Å². The van der Waals surface area contributed by atoms with Gasteiger partial charge in [0.1, 0.15) is 6.54 Å². The molecule has 13 heteroatoms. The molecule has 0 N–H and O–H groups in total. The maximum absolute atomic E-state index is 9.67. The number of unbranched alkanes of at least 4 members (excludes halogenated alkanes) is 1. The SMILES string of the molecule is C1CCCC1.FB(F)F.FB(F)F.[F-].[F-].[Fe].c1ccc(-[n+]2ccc(-c3cc[n+](CCCCC4CCCC4)cc3)cc2)cc1. The van der Waals surface area contributed by atoms with E-state index < -0.39 is 15.1 Å². The van der Waals surface area contributed by atoms with Crippen molar-refractivity contribution in [1.29, 1.82) is 0 Å². The number of pyridine rings is 2. The number of halogens is 8. The molecule has 240 valence electrons. The summed E-state index contributed by atoms with van der Waals surface area (Å²) in [6, 6.07) is 19.3. The summed E-state index contributed by atoms with van der Waals surface area (Å²) in [5.41, 5.74) is 3.72. The Morgan fingerprint density at radius 2 is 1.00 bits per heavy atom. The van der Waals surface area contributed by atoms with Crippen LogP contribution in [0.3, 0.4) is 0 Å². The molecule has 2 aliphatic carbocycles. The topological polar surface area (TPSA) is 7.76 Å². The maximum atomic E-state index is 9.67. The van der Waals surface area contributed by atoms with Crippen LogP contribution in [0.1, 0.15) is 77.0 Å². The molecule has 0 saturated heterocycles. The largest absolute Gasteiger partial charge is 1.00 e. The molecule has 0 amide bonds. The van der Waals surface area contributed by atoms with Gasteiger partial charge in [0.15, 0.2) is 24.8 Å². The van der Waals surface area contributed by atoms with Gasteiger partial charge in [0.2, 0.25) is 5.69 Å². The molecule has 2 nitrogen and oxygen atoms in total. The summed E-state index contributed by atoms with van der Waals surface area (Å²) in [7, 11) is -7.33. The molecule has 0 bridgehead atoms. The Kier molecular flexibility index (Phi) is 25.9. The predicted molar refractivity (Wildman–Crippen MR) is 151 cm³/mol. The molecule has 2 aromatic heterocycles. The minimum Gasteiger partial charge on any atom is -1.00 e. The average molecular weight is 658 g/mol. The molecule has 0 atom stereocenters. The fraction of sp³-hybridized carbons (Fsp3) is 0.467. The zero-order valence-electron chi connectivity index (χ0n) is 24.2. The summed E-state index contributed by atoms with van der Waals surface area (Å²) in [6.45, 7) is 1.13. The van der Waals surface area contributed by atoms with E-state index in [0.29, 0.717) is 0 Å². The number of benzene rings is 1. The van der Waals surface area contributed by atoms with Crippen molar-refractivity contribution in [3.05, 3.63) is 79.4 Å². The number of nitrogens with zero attached hydrogens (tertiary/aromatic N) is 2. The van der Waals surface area contributed by atoms with Gasteiger partial charge in [-0.1, -0.05) is 82.4 Å². The second kappa shape index (κ2) is 26.0. The first kappa shape index (κ1) is 42.7. The van der Waals surface area contributed by atoms with Crippen molar-refractivity contribution in [1.82, 2.24) is 0 Å². The minimum atomic E-state index is -3.67. The molecule has 3 aromatic rings. The van der Waals surface area contributed by atoms with Gasteiger partial charge in [-0.15, -0.1) is 0 Å². The molecule has 2 heterocycles. The van der Waals surface area contributed by atoms with Crippen LogP contribution in [-0.4, -0.2) is 15.1 Å². The summed E-state index contributed by atoms with van der Waals surface area (Å²) in [5.74, 6) is 1.02. The van der Waals surface area contributed by atoms with E-state index in [2.05, 4.69) is 82.5 Å². The smallest absolute Gasteiger partial charge is 0.762 e. The molecular formula is C30H40B2F8FeN2. The van der Waals surface area contributed by atoms with Crippen LogP contribution in [0, 0.1) is 5.92 Å². The van der Waals surface area contributed by atoms with Gasteiger partial charge < -0.3 is 9.41 Å². The van der Waals surface area contributed by atoms with E-state index in [-0.39, 0.29) is 26.5 Å². The molecule has 5 rings (SSSR count). The maximum Gasteiger partial charge on any atom is 0.762 e. The third-order valence-corrected chi connectivity index (χ3v) is 7.11. The molecule has 0 aliphatic heterocycles. The minimum absolute atomic E-state index is 0. The Bertz CT molecular complexity index is 1010. The van der Waals surface area contributed by atoms with E-state index in [1.165, 1.54) is 93.9 Å². The van der Waals surface area contributed by atoms with Gasteiger partial charge in [0.05, 0.1) is 0 Å². The van der Waals surface area contributed by atoms with Crippen LogP contribution in [0.2, 0.25) is 0 Å². The molecule has 2 fully saturated rings. The molecular weight excluding hydrogens is 618 g/mol. The van der Waals surface area contributed by atoms with Crippen LogP contribution in [0.15, 0.2) is 79.4 Å². The third-order valence-electron chi connectivity index (χ3n) is 7.11. The van der Waals surface area contributed by atoms with Crippen LogP contribution >= 0.6 is 0 Å². The van der Waals surface area contributed by atoms with Crippen LogP contribution in [0.4, 0.5) is 25.9 Å². The van der Waals surface area contributed by atoms with Crippen molar-refractivity contribution >= 4 is 15.1 Å². The monoisotopic (exact) mass is 658 g/mol. The van der Waals surface area contributed by atoms with Crippen molar-refractivity contribution in [3.8, 4) is 16.8 Å². The first-order valence-corrected chi connectivity index (χ1v) is 14.3. The Hall–Kier alpha value is -2.39. The average Bonchev–Trinajstić information content (AvgIpc) is 3.69. The normalized spacial score (nSPS) is 13.2. The first-order chi connectivity index (χ1) is 19.3. The van der Waals surface area contributed by atoms with Crippen molar-refractivity contribution < 1.29 is 61.5 Å². The van der Waals surface area contributed by atoms with Gasteiger partial charge in [-0.25, -0.2) is 4.57 Å². The second-order valence-electron chi connectivity index (χ2n) is 10.1. The van der Waals surface area contributed by atoms with Crippen molar-refractivity contribution in [2.24, 2.45) is 5.92 Å². The zero-order valence-corrected chi connectivity index (χ0v) is 25.3. The fourth-order valence-corrected chi connectivity index (χ4v) is 5.10. The van der Waals surface area contributed by atoms with Gasteiger partial charge in [-0.2, -0.15) is 4.57 Å². The van der Waals surface area contributed by atoms with Gasteiger partial charge in [0, 0.05) is 59.9 Å². The van der Waals surface area contributed by atoms with Crippen molar-refractivity contribution in [2.45, 2.75) is 83.6 Å². The molecule has 2 aliphatic rings. The summed E-state index contributed by atoms with van der Waals surface area (Å²) >= 11 is 0. The van der Waals surface area contributed by atoms with E-state index in [1.807, 2.05) is 6.07 Å². The molecule has 0 spiro atoms. The summed E-state index contributed by atoms with van der Waals surface area (Å²) < 4.78 is 62.5. The molecule has 2 saturated carbocycles. The van der Waals surface area contributed by atoms with E-state index in [4.69, 9.17) is 0 Å². The van der Waals surface area contributed by atoms with E-state index in [9.17, 15) is 25.9 Å². The summed E-state index contributed by atoms with van der Waals surface area (Å²) in [4.78, 5) is 0. The first-order valence-electron chi connectivity index (χ1n) is 14.3. The van der Waals surface area contributed by atoms with Gasteiger partial charge in [0.25, 0.3) is 0 Å². The van der Waals surface area contributed by atoms with E-state index in [1.54, 1.807) is 0 Å². The Morgan fingerprint density at radius 1 is 0.581 bits per heavy atom. The van der Waals surface area contributed by atoms with Crippen molar-refractivity contribution in [2.75, 3.05) is 0 Å². The van der Waals surface area contributed by atoms with Gasteiger partial charge >= 0.3 is 15.1 Å². The summed E-state index contributed by atoms with van der Waals surface area (Å²) in [5, 5.41) is 0. The van der Waals surface area contributed by atoms with Crippen LogP contribution < -0.4 is 18.5 Å². The molecule has 43 heavy (non-hydrogen) atoms. The van der Waals surface area contributed by atoms with Crippen LogP contribution in [-0.2, 0) is 23.6 Å². The molecule has 1 aromatic carbocycles. The Morgan fingerprint density at radius 3 is 1.44 bits per heavy atom. The van der Waals surface area contributed by atoms with Crippen LogP contribution in [0.25, 0.3) is 16.8 Å². The number of aryl methyl sites for hydroxylation is 1. The predicted octanol–water partition coefficient (Wildman–Crippen LogP) is 2.99. The van der Waals surface area contributed by atoms with Gasteiger partial charge in [-0.05, 0) is 23.5 Å². The summed E-state index contributed by atoms with van der Waals surface area (Å²) in [6.07, 6.45) is 26.2. The standard InChI is InChI=1S/C25H30N2.C5H10.2BF3.2FH.Fe/c1-2-11-25(12-3-1)27-20-15-24(16-21-27)23-13-18-26(19-14-23)17-7-6-10-22-8-4-5-9-22;1-2-4-5-3-1;2*2-1(3)4;;;/h1-3,11-16,18-22H,4-10,17H2;1-5H2;;;2*1H;/q+2;;;;;;/p-2. The Balaban J connectivity index is 0. The van der Waals surface area contributed by atoms with Crippen LogP contribution in [0.5, 0.6) is 0 Å². The quantitative estimate of drug-likeness (QED) is 0.160.